The van der Waals surface area contributed by atoms with E-state index in [-0.39, 0.29) is 6.61 Å². The minimum Gasteiger partial charge on any atom is -0.396 e. The van der Waals surface area contributed by atoms with Gasteiger partial charge in [-0.15, -0.1) is 0 Å². The van der Waals surface area contributed by atoms with E-state index in [1.807, 2.05) is 0 Å². The maximum atomic E-state index is 8.98. The highest BCUT2D eigenvalue weighted by Gasteiger charge is 2.16. The van der Waals surface area contributed by atoms with Crippen LogP contribution in [0.4, 0.5) is 0 Å². The lowest BCUT2D eigenvalue weighted by molar-refractivity contribution is 0.110. The van der Waals surface area contributed by atoms with Gasteiger partial charge >= 0.3 is 0 Å². The highest BCUT2D eigenvalue weighted by atomic mass is 16.3. The Morgan fingerprint density at radius 2 is 2.36 bits per heavy atom. The van der Waals surface area contributed by atoms with Gasteiger partial charge < -0.3 is 20.9 Å². The van der Waals surface area contributed by atoms with Crippen molar-refractivity contribution in [2.45, 2.75) is 12.1 Å². The smallest absolute Gasteiger partial charge is 0.113 e. The van der Waals surface area contributed by atoms with Gasteiger partial charge in [-0.2, -0.15) is 0 Å². The lowest BCUT2D eigenvalue weighted by Gasteiger charge is -2.14. The number of aromatic nitrogens is 1. The maximum Gasteiger partial charge on any atom is 0.113 e. The van der Waals surface area contributed by atoms with Gasteiger partial charge in [0.15, 0.2) is 0 Å². The summed E-state index contributed by atoms with van der Waals surface area (Å²) in [5.74, 6) is -0.412. The van der Waals surface area contributed by atoms with Crippen molar-refractivity contribution in [3.05, 3.63) is 24.0 Å². The number of hydrogen-bond donors (Lipinski definition) is 4. The first-order valence-corrected chi connectivity index (χ1v) is 3.43. The summed E-state index contributed by atoms with van der Waals surface area (Å²) < 4.78 is 0. The van der Waals surface area contributed by atoms with E-state index in [2.05, 4.69) is 4.98 Å². The molecule has 0 aromatic carbocycles. The third-order valence-corrected chi connectivity index (χ3v) is 1.63. The van der Waals surface area contributed by atoms with E-state index in [4.69, 9.17) is 15.9 Å². The molecule has 0 aliphatic rings. The number of aliphatic hydroxyl groups is 2. The Kier molecular flexibility index (Phi) is 2.64. The number of rotatable bonds is 3. The van der Waals surface area contributed by atoms with Gasteiger partial charge in [0.05, 0.1) is 12.5 Å². The summed E-state index contributed by atoms with van der Waals surface area (Å²) in [5, 5.41) is 17.8. The Labute approximate surface area is 64.7 Å². The second-order valence-electron chi connectivity index (χ2n) is 2.41. The molecule has 62 valence electrons. The molecule has 0 saturated heterocycles. The molecule has 0 fully saturated rings. The lowest BCUT2D eigenvalue weighted by Crippen LogP contribution is -2.30. The van der Waals surface area contributed by atoms with Crippen molar-refractivity contribution in [1.29, 1.82) is 0 Å². The molecule has 0 saturated carbocycles. The van der Waals surface area contributed by atoms with Gasteiger partial charge in [-0.3, -0.25) is 0 Å². The van der Waals surface area contributed by atoms with Crippen LogP contribution in [-0.4, -0.2) is 28.0 Å². The predicted octanol–water partition coefficient (Wildman–Crippen LogP) is -0.632. The summed E-state index contributed by atoms with van der Waals surface area (Å²) in [7, 11) is 0. The first kappa shape index (κ1) is 8.26. The van der Waals surface area contributed by atoms with Gasteiger partial charge in [0, 0.05) is 11.9 Å². The highest BCUT2D eigenvalue weighted by Crippen LogP contribution is 2.13. The van der Waals surface area contributed by atoms with Gasteiger partial charge in [0.25, 0.3) is 0 Å². The minimum absolute atomic E-state index is 0.155. The average molecular weight is 156 g/mol. The molecule has 4 heteroatoms. The van der Waals surface area contributed by atoms with Crippen LogP contribution >= 0.6 is 0 Å². The van der Waals surface area contributed by atoms with Gasteiger partial charge in [0.2, 0.25) is 0 Å². The fourth-order valence-electron chi connectivity index (χ4n) is 0.965. The molecular weight excluding hydrogens is 144 g/mol. The molecule has 0 spiro atoms. The second-order valence-corrected chi connectivity index (χ2v) is 2.41. The molecule has 4 nitrogen and oxygen atoms in total. The monoisotopic (exact) mass is 156 g/mol. The molecule has 2 unspecified atom stereocenters. The molecule has 1 heterocycles. The van der Waals surface area contributed by atoms with Gasteiger partial charge in [-0.05, 0) is 12.1 Å². The van der Waals surface area contributed by atoms with Crippen LogP contribution in [-0.2, 0) is 0 Å². The summed E-state index contributed by atoms with van der Waals surface area (Å²) in [4.78, 5) is 2.87. The van der Waals surface area contributed by atoms with Crippen molar-refractivity contribution in [2.24, 2.45) is 5.73 Å². The third kappa shape index (κ3) is 1.80. The Hall–Kier alpha value is -0.840. The Morgan fingerprint density at radius 1 is 1.64 bits per heavy atom. The number of aromatic amines is 1. The fraction of sp³-hybridized carbons (Fsp3) is 0.429. The molecule has 2 atom stereocenters. The topological polar surface area (TPSA) is 82.3 Å². The SMILES string of the molecule is NC(O)C(CO)c1ccc[nH]1. The zero-order chi connectivity index (χ0) is 8.27. The Morgan fingerprint density at radius 3 is 2.73 bits per heavy atom. The first-order valence-electron chi connectivity index (χ1n) is 3.43. The van der Waals surface area contributed by atoms with Gasteiger partial charge in [0.1, 0.15) is 6.23 Å². The van der Waals surface area contributed by atoms with Crippen LogP contribution in [0.3, 0.4) is 0 Å². The first-order chi connectivity index (χ1) is 5.25. The van der Waals surface area contributed by atoms with Crippen molar-refractivity contribution in [3.63, 3.8) is 0 Å². The number of hydrogen-bond acceptors (Lipinski definition) is 3. The molecule has 11 heavy (non-hydrogen) atoms. The van der Waals surface area contributed by atoms with Crippen LogP contribution in [0.2, 0.25) is 0 Å². The minimum atomic E-state index is -1.02. The van der Waals surface area contributed by atoms with Crippen LogP contribution in [0.1, 0.15) is 11.6 Å². The number of nitrogens with two attached hydrogens (primary N) is 1. The Bertz CT molecular complexity index is 196. The van der Waals surface area contributed by atoms with E-state index in [0.717, 1.165) is 5.69 Å². The van der Waals surface area contributed by atoms with Crippen LogP contribution in [0.25, 0.3) is 0 Å². The van der Waals surface area contributed by atoms with Crippen LogP contribution in [0.15, 0.2) is 18.3 Å². The third-order valence-electron chi connectivity index (χ3n) is 1.63. The van der Waals surface area contributed by atoms with Crippen molar-refractivity contribution in [3.8, 4) is 0 Å². The van der Waals surface area contributed by atoms with E-state index in [1.54, 1.807) is 18.3 Å². The van der Waals surface area contributed by atoms with E-state index < -0.39 is 12.1 Å². The summed E-state index contributed by atoms with van der Waals surface area (Å²) >= 11 is 0. The molecule has 1 rings (SSSR count). The number of nitrogens with one attached hydrogen (secondary N) is 1. The molecular formula is C7H12N2O2. The molecule has 5 N–H and O–H groups in total. The summed E-state index contributed by atoms with van der Waals surface area (Å²) in [6, 6.07) is 3.57. The normalized spacial score (nSPS) is 16.3. The molecule has 1 aromatic heterocycles. The molecule has 1 aromatic rings. The lowest BCUT2D eigenvalue weighted by atomic mass is 10.1. The molecule has 0 bridgehead atoms. The highest BCUT2D eigenvalue weighted by molar-refractivity contribution is 5.11. The molecule has 0 aliphatic heterocycles. The Balaban J connectivity index is 2.71. The van der Waals surface area contributed by atoms with Crippen molar-refractivity contribution in [2.75, 3.05) is 6.61 Å². The van der Waals surface area contributed by atoms with Crippen LogP contribution in [0.5, 0.6) is 0 Å². The zero-order valence-corrected chi connectivity index (χ0v) is 6.07. The second kappa shape index (κ2) is 3.52. The summed E-state index contributed by atoms with van der Waals surface area (Å²) in [6.45, 7) is -0.155. The van der Waals surface area contributed by atoms with Crippen LogP contribution < -0.4 is 5.73 Å². The maximum absolute atomic E-state index is 8.98. The fourth-order valence-corrected chi connectivity index (χ4v) is 0.965. The van der Waals surface area contributed by atoms with E-state index in [1.165, 1.54) is 0 Å². The van der Waals surface area contributed by atoms with Crippen molar-refractivity contribution in [1.82, 2.24) is 4.98 Å². The quantitative estimate of drug-likeness (QED) is 0.440. The standard InChI is InChI=1S/C7H12N2O2/c8-7(11)5(4-10)6-2-1-3-9-6/h1-3,5,7,9-11H,4,8H2. The zero-order valence-electron chi connectivity index (χ0n) is 6.07. The van der Waals surface area contributed by atoms with Crippen molar-refractivity contribution >= 4 is 0 Å². The van der Waals surface area contributed by atoms with Gasteiger partial charge in [-0.25, -0.2) is 0 Å². The molecule has 0 aliphatic carbocycles. The van der Waals surface area contributed by atoms with E-state index >= 15 is 0 Å². The summed E-state index contributed by atoms with van der Waals surface area (Å²) in [5.41, 5.74) is 5.97. The molecule has 0 radical (unpaired) electrons. The predicted molar refractivity (Wildman–Crippen MR) is 40.8 cm³/mol. The largest absolute Gasteiger partial charge is 0.396 e. The van der Waals surface area contributed by atoms with Crippen LogP contribution in [0, 0.1) is 0 Å². The summed E-state index contributed by atoms with van der Waals surface area (Å²) in [6.07, 6.45) is 0.707. The van der Waals surface area contributed by atoms with E-state index in [0.29, 0.717) is 0 Å². The number of H-pyrrole nitrogens is 1. The number of aliphatic hydroxyl groups excluding tert-OH is 2. The van der Waals surface area contributed by atoms with Crippen molar-refractivity contribution < 1.29 is 10.2 Å². The van der Waals surface area contributed by atoms with E-state index in [9.17, 15) is 0 Å². The molecule has 0 amide bonds. The average Bonchev–Trinajstić information content (AvgIpc) is 2.40. The van der Waals surface area contributed by atoms with Gasteiger partial charge in [-0.1, -0.05) is 0 Å².